The van der Waals surface area contributed by atoms with E-state index in [9.17, 15) is 0 Å². The molecular weight excluding hydrogens is 333 g/mol. The van der Waals surface area contributed by atoms with Crippen molar-refractivity contribution in [2.24, 2.45) is 0 Å². The zero-order chi connectivity index (χ0) is 13.6. The van der Waals surface area contributed by atoms with Crippen LogP contribution in [0.25, 0.3) is 0 Å². The summed E-state index contributed by atoms with van der Waals surface area (Å²) in [6, 6.07) is 3.09. The van der Waals surface area contributed by atoms with Crippen LogP contribution < -0.4 is 24.0 Å². The quantitative estimate of drug-likeness (QED) is 0.454. The van der Waals surface area contributed by atoms with Gasteiger partial charge in [-0.05, 0) is 53.4 Å². The monoisotopic (exact) mass is 369 g/mol. The fourth-order valence-corrected chi connectivity index (χ4v) is 3.87. The van der Waals surface area contributed by atoms with Crippen LogP contribution in [0.15, 0.2) is 0 Å². The molecule has 0 rings (SSSR count). The fourth-order valence-electron chi connectivity index (χ4n) is 3.87. The Morgan fingerprint density at radius 1 is 0.556 bits per heavy atom. The largest absolute Gasteiger partial charge is 1.00 e. The van der Waals surface area contributed by atoms with E-state index in [-0.39, 0.29) is 24.0 Å². The second-order valence-corrected chi connectivity index (χ2v) is 5.92. The molecule has 4 unspecified atom stereocenters. The first-order chi connectivity index (χ1) is 7.93. The van der Waals surface area contributed by atoms with E-state index in [4.69, 9.17) is 0 Å². The minimum atomic E-state index is 0. The number of hydrogen-bond acceptors (Lipinski definition) is 0. The van der Waals surface area contributed by atoms with Crippen molar-refractivity contribution in [1.29, 1.82) is 0 Å². The minimum absolute atomic E-state index is 0. The Morgan fingerprint density at radius 3 is 0.833 bits per heavy atom. The van der Waals surface area contributed by atoms with Crippen molar-refractivity contribution in [2.45, 2.75) is 105 Å². The molecule has 0 amide bonds. The van der Waals surface area contributed by atoms with Crippen molar-refractivity contribution in [1.82, 2.24) is 0 Å². The van der Waals surface area contributed by atoms with E-state index < -0.39 is 0 Å². The summed E-state index contributed by atoms with van der Waals surface area (Å²) in [4.78, 5) is 0. The molecule has 0 heterocycles. The van der Waals surface area contributed by atoms with E-state index in [1.54, 1.807) is 0 Å². The van der Waals surface area contributed by atoms with Gasteiger partial charge in [-0.25, -0.2) is 0 Å². The highest BCUT2D eigenvalue weighted by Crippen LogP contribution is 2.34. The molecule has 0 saturated heterocycles. The molecule has 0 spiro atoms. The molecule has 0 saturated carbocycles. The first-order valence-corrected chi connectivity index (χ1v) is 7.80. The van der Waals surface area contributed by atoms with Gasteiger partial charge in [-0.3, -0.25) is 0 Å². The average Bonchev–Trinajstić information content (AvgIpc) is 2.37. The molecule has 0 fully saturated rings. The lowest BCUT2D eigenvalue weighted by Gasteiger charge is -2.55. The maximum atomic E-state index is 2.46. The molecule has 4 atom stereocenters. The van der Waals surface area contributed by atoms with Crippen LogP contribution in [0.1, 0.15) is 81.1 Å². The van der Waals surface area contributed by atoms with E-state index in [1.807, 2.05) is 0 Å². The molecule has 0 aliphatic heterocycles. The number of halogens is 1. The Balaban J connectivity index is 0. The normalized spacial score (nSPS) is 21.3. The van der Waals surface area contributed by atoms with Gasteiger partial charge in [-0.15, -0.1) is 0 Å². The van der Waals surface area contributed by atoms with Crippen molar-refractivity contribution in [3.8, 4) is 0 Å². The van der Waals surface area contributed by atoms with Crippen LogP contribution in [-0.4, -0.2) is 28.7 Å². The molecule has 0 radical (unpaired) electrons. The molecule has 0 N–H and O–H groups in total. The lowest BCUT2D eigenvalue weighted by Crippen LogP contribution is -3.00. The summed E-state index contributed by atoms with van der Waals surface area (Å²) < 4.78 is 1.32. The SMILES string of the molecule is CCC(C)[N+](C(C)CC)(C(C)CC)C(C)CC.[I-]. The van der Waals surface area contributed by atoms with Crippen molar-refractivity contribution in [3.63, 3.8) is 0 Å². The molecular formula is C16H36IN. The number of nitrogens with zero attached hydrogens (tertiary/aromatic N) is 1. The van der Waals surface area contributed by atoms with Crippen molar-refractivity contribution >= 4 is 0 Å². The topological polar surface area (TPSA) is 0 Å². The van der Waals surface area contributed by atoms with Crippen LogP contribution in [0.3, 0.4) is 0 Å². The fraction of sp³-hybridized carbons (Fsp3) is 1.00. The maximum Gasteiger partial charge on any atom is 0.0865 e. The third-order valence-corrected chi connectivity index (χ3v) is 5.42. The summed E-state index contributed by atoms with van der Waals surface area (Å²) in [5.74, 6) is 0. The van der Waals surface area contributed by atoms with Gasteiger partial charge in [0.15, 0.2) is 0 Å². The van der Waals surface area contributed by atoms with Crippen LogP contribution in [0.5, 0.6) is 0 Å². The zero-order valence-corrected chi connectivity index (χ0v) is 16.1. The zero-order valence-electron chi connectivity index (χ0n) is 14.0. The lowest BCUT2D eigenvalue weighted by atomic mass is 9.93. The molecule has 0 aromatic carbocycles. The third kappa shape index (κ3) is 3.84. The highest BCUT2D eigenvalue weighted by molar-refractivity contribution is 4.69. The first-order valence-electron chi connectivity index (χ1n) is 7.80. The Labute approximate surface area is 133 Å². The van der Waals surface area contributed by atoms with Crippen LogP contribution in [0.2, 0.25) is 0 Å². The molecule has 2 heteroatoms. The van der Waals surface area contributed by atoms with Crippen LogP contribution >= 0.6 is 0 Å². The van der Waals surface area contributed by atoms with Gasteiger partial charge < -0.3 is 28.5 Å². The lowest BCUT2D eigenvalue weighted by molar-refractivity contribution is -1.01. The van der Waals surface area contributed by atoms with Gasteiger partial charge in [-0.1, -0.05) is 27.7 Å². The van der Waals surface area contributed by atoms with Crippen molar-refractivity contribution in [3.05, 3.63) is 0 Å². The molecule has 0 aromatic heterocycles. The summed E-state index contributed by atoms with van der Waals surface area (Å²) >= 11 is 0. The number of rotatable bonds is 8. The molecule has 1 nitrogen and oxygen atoms in total. The third-order valence-electron chi connectivity index (χ3n) is 5.42. The summed E-state index contributed by atoms with van der Waals surface area (Å²) in [5, 5.41) is 0. The minimum Gasteiger partial charge on any atom is -1.00 e. The predicted octanol–water partition coefficient (Wildman–Crippen LogP) is 2.00. The highest BCUT2D eigenvalue weighted by atomic mass is 127. The molecule has 18 heavy (non-hydrogen) atoms. The standard InChI is InChI=1S/C16H36N.HI/c1-9-13(5)17(14(6)10-2,15(7)11-3)16(8)12-4;/h13-16H,9-12H2,1-8H3;1H/q+1;/p-1. The predicted molar refractivity (Wildman–Crippen MR) is 79.3 cm³/mol. The summed E-state index contributed by atoms with van der Waals surface area (Å²) in [6.45, 7) is 19.3. The van der Waals surface area contributed by atoms with Crippen LogP contribution in [0.4, 0.5) is 0 Å². The Bertz CT molecular complexity index is 160. The molecule has 112 valence electrons. The van der Waals surface area contributed by atoms with Crippen molar-refractivity contribution < 1.29 is 28.5 Å². The molecule has 0 aromatic rings. The highest BCUT2D eigenvalue weighted by Gasteiger charge is 2.45. The Morgan fingerprint density at radius 2 is 0.722 bits per heavy atom. The molecule has 0 bridgehead atoms. The first kappa shape index (κ1) is 21.0. The molecule has 0 aliphatic carbocycles. The van der Waals surface area contributed by atoms with Gasteiger partial charge >= 0.3 is 0 Å². The average molecular weight is 369 g/mol. The summed E-state index contributed by atoms with van der Waals surface area (Å²) in [6.07, 6.45) is 5.16. The summed E-state index contributed by atoms with van der Waals surface area (Å²) in [7, 11) is 0. The van der Waals surface area contributed by atoms with Gasteiger partial charge in [0.2, 0.25) is 0 Å². The number of hydrogen-bond donors (Lipinski definition) is 0. The van der Waals surface area contributed by atoms with Gasteiger partial charge in [0.05, 0.1) is 24.2 Å². The number of quaternary nitrogens is 1. The van der Waals surface area contributed by atoms with E-state index in [0.29, 0.717) is 0 Å². The van der Waals surface area contributed by atoms with E-state index >= 15 is 0 Å². The smallest absolute Gasteiger partial charge is 0.0865 e. The van der Waals surface area contributed by atoms with E-state index in [2.05, 4.69) is 55.4 Å². The second-order valence-electron chi connectivity index (χ2n) is 5.92. The Hall–Kier alpha value is 0.690. The van der Waals surface area contributed by atoms with Gasteiger partial charge in [-0.2, -0.15) is 0 Å². The van der Waals surface area contributed by atoms with Gasteiger partial charge in [0, 0.05) is 0 Å². The van der Waals surface area contributed by atoms with E-state index in [0.717, 1.165) is 24.2 Å². The maximum absolute atomic E-state index is 2.46. The second kappa shape index (κ2) is 9.57. The van der Waals surface area contributed by atoms with Crippen LogP contribution in [0, 0.1) is 0 Å². The van der Waals surface area contributed by atoms with Crippen LogP contribution in [-0.2, 0) is 0 Å². The van der Waals surface area contributed by atoms with Gasteiger partial charge in [0.25, 0.3) is 0 Å². The van der Waals surface area contributed by atoms with E-state index in [1.165, 1.54) is 30.2 Å². The molecule has 0 aliphatic rings. The van der Waals surface area contributed by atoms with Crippen molar-refractivity contribution in [2.75, 3.05) is 0 Å². The Kier molecular flexibility index (Phi) is 11.2. The van der Waals surface area contributed by atoms with Gasteiger partial charge in [0.1, 0.15) is 0 Å². The summed E-state index contributed by atoms with van der Waals surface area (Å²) in [5.41, 5.74) is 0.